The first-order valence-corrected chi connectivity index (χ1v) is 6.21. The molecule has 1 amide bonds. The molecule has 3 heteroatoms. The average molecular weight is 246 g/mol. The lowest BCUT2D eigenvalue weighted by Crippen LogP contribution is -2.13. The maximum absolute atomic E-state index is 11.7. The van der Waals surface area contributed by atoms with Crippen molar-refractivity contribution in [2.75, 3.05) is 26.0 Å². The van der Waals surface area contributed by atoms with E-state index in [4.69, 9.17) is 0 Å². The standard InChI is InChI=1S/C15H22N2O/c1-12(2)13-7-5-8-14(11-13)16-15(18)9-6-10-17(3)4/h5-9,11-12H,10H2,1-4H3,(H,16,18)/b9-6+. The van der Waals surface area contributed by atoms with Gasteiger partial charge in [-0.1, -0.05) is 32.1 Å². The number of carbonyl (C=O) groups excluding carboxylic acids is 1. The zero-order chi connectivity index (χ0) is 13.5. The van der Waals surface area contributed by atoms with Crippen LogP contribution in [-0.4, -0.2) is 31.4 Å². The van der Waals surface area contributed by atoms with Gasteiger partial charge in [0.25, 0.3) is 0 Å². The fourth-order valence-electron chi connectivity index (χ4n) is 1.53. The van der Waals surface area contributed by atoms with Crippen molar-refractivity contribution in [2.45, 2.75) is 19.8 Å². The van der Waals surface area contributed by atoms with Gasteiger partial charge in [0.1, 0.15) is 0 Å². The van der Waals surface area contributed by atoms with E-state index in [0.717, 1.165) is 12.2 Å². The first kappa shape index (κ1) is 14.5. The quantitative estimate of drug-likeness (QED) is 0.810. The number of hydrogen-bond donors (Lipinski definition) is 1. The van der Waals surface area contributed by atoms with E-state index in [2.05, 4.69) is 25.2 Å². The Kier molecular flexibility index (Phi) is 5.59. The van der Waals surface area contributed by atoms with Crippen molar-refractivity contribution < 1.29 is 4.79 Å². The highest BCUT2D eigenvalue weighted by Crippen LogP contribution is 2.18. The summed E-state index contributed by atoms with van der Waals surface area (Å²) in [6, 6.07) is 7.96. The Balaban J connectivity index is 2.59. The predicted octanol–water partition coefficient (Wildman–Crippen LogP) is 2.87. The minimum absolute atomic E-state index is 0.0854. The van der Waals surface area contributed by atoms with Crippen LogP contribution in [0, 0.1) is 0 Å². The maximum Gasteiger partial charge on any atom is 0.248 e. The van der Waals surface area contributed by atoms with Gasteiger partial charge in [-0.25, -0.2) is 0 Å². The Bertz CT molecular complexity index is 422. The number of amides is 1. The predicted molar refractivity (Wildman–Crippen MR) is 76.9 cm³/mol. The summed E-state index contributed by atoms with van der Waals surface area (Å²) in [4.78, 5) is 13.7. The minimum Gasteiger partial charge on any atom is -0.323 e. The summed E-state index contributed by atoms with van der Waals surface area (Å²) >= 11 is 0. The molecule has 1 N–H and O–H groups in total. The van der Waals surface area contributed by atoms with Crippen molar-refractivity contribution in [1.82, 2.24) is 4.90 Å². The van der Waals surface area contributed by atoms with Crippen LogP contribution in [0.1, 0.15) is 25.3 Å². The molecule has 0 aliphatic rings. The summed E-state index contributed by atoms with van der Waals surface area (Å²) in [5.41, 5.74) is 2.07. The van der Waals surface area contributed by atoms with Crippen molar-refractivity contribution in [3.8, 4) is 0 Å². The van der Waals surface area contributed by atoms with Crippen LogP contribution in [0.25, 0.3) is 0 Å². The van der Waals surface area contributed by atoms with E-state index in [0.29, 0.717) is 5.92 Å². The number of carbonyl (C=O) groups is 1. The average Bonchev–Trinajstić information content (AvgIpc) is 2.28. The van der Waals surface area contributed by atoms with Crippen LogP contribution in [0.4, 0.5) is 5.69 Å². The third kappa shape index (κ3) is 5.15. The molecule has 3 nitrogen and oxygen atoms in total. The third-order valence-electron chi connectivity index (χ3n) is 2.56. The Labute approximate surface area is 109 Å². The molecule has 0 aliphatic heterocycles. The molecule has 1 aromatic rings. The highest BCUT2D eigenvalue weighted by molar-refractivity contribution is 5.99. The van der Waals surface area contributed by atoms with Crippen molar-refractivity contribution in [3.05, 3.63) is 42.0 Å². The van der Waals surface area contributed by atoms with Gasteiger partial charge in [-0.3, -0.25) is 4.79 Å². The SMILES string of the molecule is CC(C)c1cccc(NC(=O)/C=C/CN(C)C)c1. The summed E-state index contributed by atoms with van der Waals surface area (Å²) < 4.78 is 0. The van der Waals surface area contributed by atoms with E-state index in [1.165, 1.54) is 5.56 Å². The lowest BCUT2D eigenvalue weighted by Gasteiger charge is -2.08. The fourth-order valence-corrected chi connectivity index (χ4v) is 1.53. The molecule has 0 aromatic heterocycles. The second-order valence-electron chi connectivity index (χ2n) is 4.93. The number of benzene rings is 1. The molecule has 0 atom stereocenters. The number of hydrogen-bond acceptors (Lipinski definition) is 2. The molecule has 0 radical (unpaired) electrons. The molecule has 0 saturated heterocycles. The van der Waals surface area contributed by atoms with E-state index in [-0.39, 0.29) is 5.91 Å². The van der Waals surface area contributed by atoms with Crippen molar-refractivity contribution >= 4 is 11.6 Å². The van der Waals surface area contributed by atoms with Crippen molar-refractivity contribution in [3.63, 3.8) is 0 Å². The van der Waals surface area contributed by atoms with Crippen molar-refractivity contribution in [2.24, 2.45) is 0 Å². The topological polar surface area (TPSA) is 32.3 Å². The third-order valence-corrected chi connectivity index (χ3v) is 2.56. The molecule has 18 heavy (non-hydrogen) atoms. The normalized spacial score (nSPS) is 11.4. The van der Waals surface area contributed by atoms with Gasteiger partial charge in [-0.05, 0) is 37.7 Å². The number of likely N-dealkylation sites (N-methyl/N-ethyl adjacent to an activating group) is 1. The van der Waals surface area contributed by atoms with Gasteiger partial charge in [0.05, 0.1) is 0 Å². The lowest BCUT2D eigenvalue weighted by atomic mass is 10.0. The van der Waals surface area contributed by atoms with Crippen LogP contribution in [0.15, 0.2) is 36.4 Å². The smallest absolute Gasteiger partial charge is 0.248 e. The maximum atomic E-state index is 11.7. The van der Waals surface area contributed by atoms with Gasteiger partial charge in [-0.15, -0.1) is 0 Å². The van der Waals surface area contributed by atoms with Crippen molar-refractivity contribution in [1.29, 1.82) is 0 Å². The van der Waals surface area contributed by atoms with Gasteiger partial charge in [-0.2, -0.15) is 0 Å². The highest BCUT2D eigenvalue weighted by Gasteiger charge is 2.02. The van der Waals surface area contributed by atoms with Gasteiger partial charge in [0.15, 0.2) is 0 Å². The zero-order valence-electron chi connectivity index (χ0n) is 11.6. The summed E-state index contributed by atoms with van der Waals surface area (Å²) in [6.07, 6.45) is 3.42. The van der Waals surface area contributed by atoms with Crippen LogP contribution in [0.5, 0.6) is 0 Å². The zero-order valence-corrected chi connectivity index (χ0v) is 11.6. The van der Waals surface area contributed by atoms with Crippen LogP contribution in [0.3, 0.4) is 0 Å². The highest BCUT2D eigenvalue weighted by atomic mass is 16.1. The monoisotopic (exact) mass is 246 g/mol. The van der Waals surface area contributed by atoms with Crippen LogP contribution < -0.4 is 5.32 Å². The van der Waals surface area contributed by atoms with Gasteiger partial charge in [0.2, 0.25) is 5.91 Å². The van der Waals surface area contributed by atoms with E-state index in [9.17, 15) is 4.79 Å². The molecule has 0 heterocycles. The summed E-state index contributed by atoms with van der Waals surface area (Å²) in [5, 5.41) is 2.87. The largest absolute Gasteiger partial charge is 0.323 e. The molecular weight excluding hydrogens is 224 g/mol. The molecule has 1 aromatic carbocycles. The van der Waals surface area contributed by atoms with E-state index < -0.39 is 0 Å². The summed E-state index contributed by atoms with van der Waals surface area (Å²) in [5.74, 6) is 0.379. The number of nitrogens with one attached hydrogen (secondary N) is 1. The van der Waals surface area contributed by atoms with E-state index in [1.54, 1.807) is 6.08 Å². The molecule has 0 saturated carbocycles. The molecular formula is C15H22N2O. The minimum atomic E-state index is -0.0854. The van der Waals surface area contributed by atoms with E-state index in [1.807, 2.05) is 43.3 Å². The molecule has 0 unspecified atom stereocenters. The number of anilines is 1. The molecule has 0 fully saturated rings. The van der Waals surface area contributed by atoms with Crippen LogP contribution in [0.2, 0.25) is 0 Å². The molecule has 1 rings (SSSR count). The lowest BCUT2D eigenvalue weighted by molar-refractivity contribution is -0.111. The van der Waals surface area contributed by atoms with Gasteiger partial charge >= 0.3 is 0 Å². The fraction of sp³-hybridized carbons (Fsp3) is 0.400. The summed E-state index contributed by atoms with van der Waals surface area (Å²) in [7, 11) is 3.93. The first-order valence-electron chi connectivity index (χ1n) is 6.21. The molecule has 0 spiro atoms. The molecule has 0 bridgehead atoms. The Hall–Kier alpha value is -1.61. The van der Waals surface area contributed by atoms with Crippen LogP contribution in [-0.2, 0) is 4.79 Å². The van der Waals surface area contributed by atoms with Crippen LogP contribution >= 0.6 is 0 Å². The second-order valence-corrected chi connectivity index (χ2v) is 4.93. The van der Waals surface area contributed by atoms with Gasteiger partial charge in [0, 0.05) is 18.3 Å². The van der Waals surface area contributed by atoms with Gasteiger partial charge < -0.3 is 10.2 Å². The Morgan fingerprint density at radius 1 is 1.39 bits per heavy atom. The number of rotatable bonds is 5. The molecule has 98 valence electrons. The first-order chi connectivity index (χ1) is 8.49. The Morgan fingerprint density at radius 3 is 2.72 bits per heavy atom. The number of nitrogens with zero attached hydrogens (tertiary/aromatic N) is 1. The van der Waals surface area contributed by atoms with E-state index >= 15 is 0 Å². The molecule has 0 aliphatic carbocycles. The summed E-state index contributed by atoms with van der Waals surface area (Å²) in [6.45, 7) is 5.04. The Morgan fingerprint density at radius 2 is 2.11 bits per heavy atom. The second kappa shape index (κ2) is 6.97.